The standard InChI is InChI=1S/C15H18BrNO3/c1-3-8-17(9-10-20-2)14-6-5-13(16)11-12(14)4-7-15(18)19/h3-7,11H,1,8-10H2,2H3,(H,18,19)/b7-4+. The number of anilines is 1. The molecule has 0 radical (unpaired) electrons. The third-order valence-electron chi connectivity index (χ3n) is 2.65. The minimum absolute atomic E-state index is 0.589. The highest BCUT2D eigenvalue weighted by Crippen LogP contribution is 2.26. The zero-order valence-corrected chi connectivity index (χ0v) is 13.0. The molecular weight excluding hydrogens is 322 g/mol. The molecule has 0 aromatic heterocycles. The molecule has 1 aromatic rings. The Labute approximate surface area is 127 Å². The van der Waals surface area contributed by atoms with Gasteiger partial charge in [0.1, 0.15) is 0 Å². The van der Waals surface area contributed by atoms with Crippen molar-refractivity contribution in [2.75, 3.05) is 31.7 Å². The van der Waals surface area contributed by atoms with Crippen LogP contribution in [0.25, 0.3) is 6.08 Å². The molecule has 0 saturated heterocycles. The van der Waals surface area contributed by atoms with Crippen LogP contribution in [0.15, 0.2) is 41.4 Å². The van der Waals surface area contributed by atoms with E-state index in [0.29, 0.717) is 19.7 Å². The molecule has 0 unspecified atom stereocenters. The summed E-state index contributed by atoms with van der Waals surface area (Å²) < 4.78 is 6.00. The van der Waals surface area contributed by atoms with E-state index in [-0.39, 0.29) is 0 Å². The highest BCUT2D eigenvalue weighted by Gasteiger charge is 2.09. The van der Waals surface area contributed by atoms with Gasteiger partial charge in [-0.2, -0.15) is 0 Å². The first-order valence-corrected chi connectivity index (χ1v) is 6.93. The van der Waals surface area contributed by atoms with Gasteiger partial charge in [-0.05, 0) is 29.8 Å². The molecular formula is C15H18BrNO3. The van der Waals surface area contributed by atoms with Gasteiger partial charge in [0, 0.05) is 36.4 Å². The Balaban J connectivity index is 3.11. The summed E-state index contributed by atoms with van der Waals surface area (Å²) in [6, 6.07) is 5.76. The zero-order valence-electron chi connectivity index (χ0n) is 11.4. The molecule has 0 heterocycles. The highest BCUT2D eigenvalue weighted by atomic mass is 79.9. The first-order valence-electron chi connectivity index (χ1n) is 6.13. The van der Waals surface area contributed by atoms with E-state index in [0.717, 1.165) is 21.8 Å². The fraction of sp³-hybridized carbons (Fsp3) is 0.267. The van der Waals surface area contributed by atoms with Crippen LogP contribution in [0.5, 0.6) is 0 Å². The number of benzene rings is 1. The fourth-order valence-corrected chi connectivity index (χ4v) is 2.15. The number of carboxylic acid groups (broad SMARTS) is 1. The minimum Gasteiger partial charge on any atom is -0.478 e. The monoisotopic (exact) mass is 339 g/mol. The Morgan fingerprint density at radius 3 is 2.90 bits per heavy atom. The average Bonchev–Trinajstić information content (AvgIpc) is 2.41. The van der Waals surface area contributed by atoms with Crippen molar-refractivity contribution >= 4 is 33.7 Å². The molecule has 0 aliphatic heterocycles. The van der Waals surface area contributed by atoms with Crippen molar-refractivity contribution in [1.82, 2.24) is 0 Å². The normalized spacial score (nSPS) is 10.7. The van der Waals surface area contributed by atoms with Crippen LogP contribution in [0.2, 0.25) is 0 Å². The summed E-state index contributed by atoms with van der Waals surface area (Å²) in [6.45, 7) is 5.71. The van der Waals surface area contributed by atoms with Crippen LogP contribution in [0.1, 0.15) is 5.56 Å². The summed E-state index contributed by atoms with van der Waals surface area (Å²) in [5.41, 5.74) is 1.78. The minimum atomic E-state index is -0.969. The molecule has 0 fully saturated rings. The van der Waals surface area contributed by atoms with Crippen LogP contribution in [-0.4, -0.2) is 37.9 Å². The van der Waals surface area contributed by atoms with Gasteiger partial charge in [-0.25, -0.2) is 4.79 Å². The lowest BCUT2D eigenvalue weighted by Gasteiger charge is -2.25. The van der Waals surface area contributed by atoms with Crippen LogP contribution >= 0.6 is 15.9 Å². The Morgan fingerprint density at radius 2 is 2.30 bits per heavy atom. The number of ether oxygens (including phenoxy) is 1. The third-order valence-corrected chi connectivity index (χ3v) is 3.14. The van der Waals surface area contributed by atoms with E-state index < -0.39 is 5.97 Å². The molecule has 1 aromatic carbocycles. The van der Waals surface area contributed by atoms with E-state index in [4.69, 9.17) is 9.84 Å². The second-order valence-electron chi connectivity index (χ2n) is 4.10. The lowest BCUT2D eigenvalue weighted by Crippen LogP contribution is -2.27. The molecule has 0 spiro atoms. The van der Waals surface area contributed by atoms with Crippen LogP contribution in [0, 0.1) is 0 Å². The van der Waals surface area contributed by atoms with Crippen LogP contribution in [-0.2, 0) is 9.53 Å². The molecule has 0 bridgehead atoms. The molecule has 20 heavy (non-hydrogen) atoms. The van der Waals surface area contributed by atoms with Crippen LogP contribution in [0.4, 0.5) is 5.69 Å². The van der Waals surface area contributed by atoms with Crippen molar-refractivity contribution in [2.45, 2.75) is 0 Å². The van der Waals surface area contributed by atoms with Gasteiger partial charge in [0.2, 0.25) is 0 Å². The van der Waals surface area contributed by atoms with E-state index >= 15 is 0 Å². The average molecular weight is 340 g/mol. The topological polar surface area (TPSA) is 49.8 Å². The quantitative estimate of drug-likeness (QED) is 0.583. The molecule has 108 valence electrons. The van der Waals surface area contributed by atoms with Crippen molar-refractivity contribution in [3.63, 3.8) is 0 Å². The molecule has 4 nitrogen and oxygen atoms in total. The number of halogens is 1. The van der Waals surface area contributed by atoms with Gasteiger partial charge in [0.25, 0.3) is 0 Å². The Bertz CT molecular complexity index is 500. The van der Waals surface area contributed by atoms with Crippen molar-refractivity contribution in [3.8, 4) is 0 Å². The van der Waals surface area contributed by atoms with Gasteiger partial charge in [0.15, 0.2) is 0 Å². The number of rotatable bonds is 8. The Kier molecular flexibility index (Phi) is 7.04. The third kappa shape index (κ3) is 5.19. The predicted molar refractivity (Wildman–Crippen MR) is 85.1 cm³/mol. The predicted octanol–water partition coefficient (Wildman–Crippen LogP) is 3.19. The second-order valence-corrected chi connectivity index (χ2v) is 5.02. The smallest absolute Gasteiger partial charge is 0.328 e. The van der Waals surface area contributed by atoms with Gasteiger partial charge in [-0.1, -0.05) is 22.0 Å². The number of methoxy groups -OCH3 is 1. The van der Waals surface area contributed by atoms with Crippen molar-refractivity contribution in [1.29, 1.82) is 0 Å². The Hall–Kier alpha value is -1.59. The summed E-state index contributed by atoms with van der Waals surface area (Å²) in [4.78, 5) is 12.8. The largest absolute Gasteiger partial charge is 0.478 e. The number of hydrogen-bond acceptors (Lipinski definition) is 3. The van der Waals surface area contributed by atoms with Crippen LogP contribution < -0.4 is 4.90 Å². The lowest BCUT2D eigenvalue weighted by atomic mass is 10.1. The molecule has 5 heteroatoms. The molecule has 0 aliphatic carbocycles. The molecule has 0 aliphatic rings. The van der Waals surface area contributed by atoms with Crippen molar-refractivity contribution in [2.24, 2.45) is 0 Å². The summed E-state index contributed by atoms with van der Waals surface area (Å²) in [6.07, 6.45) is 4.53. The first-order chi connectivity index (χ1) is 9.58. The molecule has 0 saturated carbocycles. The van der Waals surface area contributed by atoms with Crippen LogP contribution in [0.3, 0.4) is 0 Å². The number of hydrogen-bond donors (Lipinski definition) is 1. The number of nitrogens with zero attached hydrogens (tertiary/aromatic N) is 1. The molecule has 1 rings (SSSR count). The summed E-state index contributed by atoms with van der Waals surface area (Å²) in [7, 11) is 1.65. The van der Waals surface area contributed by atoms with E-state index in [1.807, 2.05) is 24.3 Å². The van der Waals surface area contributed by atoms with Crippen molar-refractivity contribution in [3.05, 3.63) is 47.0 Å². The van der Waals surface area contributed by atoms with Gasteiger partial charge < -0.3 is 14.7 Å². The van der Waals surface area contributed by atoms with Gasteiger partial charge >= 0.3 is 5.97 Å². The number of aliphatic carboxylic acids is 1. The molecule has 1 N–H and O–H groups in total. The fourth-order valence-electron chi connectivity index (χ4n) is 1.78. The van der Waals surface area contributed by atoms with E-state index in [1.54, 1.807) is 13.2 Å². The van der Waals surface area contributed by atoms with E-state index in [1.165, 1.54) is 0 Å². The Morgan fingerprint density at radius 1 is 1.55 bits per heavy atom. The maximum atomic E-state index is 10.7. The van der Waals surface area contributed by atoms with E-state index in [9.17, 15) is 4.79 Å². The molecule has 0 amide bonds. The first kappa shape index (κ1) is 16.5. The molecule has 0 atom stereocenters. The number of carbonyl (C=O) groups is 1. The highest BCUT2D eigenvalue weighted by molar-refractivity contribution is 9.10. The number of carboxylic acids is 1. The maximum Gasteiger partial charge on any atom is 0.328 e. The summed E-state index contributed by atoms with van der Waals surface area (Å²) in [5, 5.41) is 8.77. The van der Waals surface area contributed by atoms with Crippen molar-refractivity contribution < 1.29 is 14.6 Å². The summed E-state index contributed by atoms with van der Waals surface area (Å²) in [5.74, 6) is -0.969. The van der Waals surface area contributed by atoms with Gasteiger partial charge in [-0.15, -0.1) is 6.58 Å². The SMILES string of the molecule is C=CCN(CCOC)c1ccc(Br)cc1/C=C/C(=O)O. The van der Waals surface area contributed by atoms with Gasteiger partial charge in [-0.3, -0.25) is 0 Å². The lowest BCUT2D eigenvalue weighted by molar-refractivity contribution is -0.131. The zero-order chi connectivity index (χ0) is 15.0. The maximum absolute atomic E-state index is 10.7. The van der Waals surface area contributed by atoms with Gasteiger partial charge in [0.05, 0.1) is 6.61 Å². The second kappa shape index (κ2) is 8.55. The van der Waals surface area contributed by atoms with E-state index in [2.05, 4.69) is 27.4 Å². The summed E-state index contributed by atoms with van der Waals surface area (Å²) >= 11 is 3.40.